The number of rotatable bonds is 3. The van der Waals surface area contributed by atoms with Crippen LogP contribution >= 0.6 is 11.6 Å². The van der Waals surface area contributed by atoms with Crippen LogP contribution < -0.4 is 9.46 Å². The Hall–Kier alpha value is -0.940. The minimum atomic E-state index is -3.44. The topological polar surface area (TPSA) is 55.4 Å². The lowest BCUT2D eigenvalue weighted by molar-refractivity contribution is 0.259. The maximum absolute atomic E-state index is 11.8. The van der Waals surface area contributed by atoms with Gasteiger partial charge in [-0.15, -0.1) is 11.6 Å². The number of sulfonamides is 1. The number of alkyl halides is 1. The normalized spacial score (nSPS) is 21.7. The van der Waals surface area contributed by atoms with E-state index < -0.39 is 15.5 Å². The van der Waals surface area contributed by atoms with Gasteiger partial charge in [0.1, 0.15) is 5.75 Å². The lowest BCUT2D eigenvalue weighted by atomic mass is 10.3. The third-order valence-electron chi connectivity index (χ3n) is 2.32. The average molecular weight is 262 g/mol. The van der Waals surface area contributed by atoms with E-state index >= 15 is 0 Å². The first kappa shape index (κ1) is 11.5. The number of para-hydroxylation sites is 2. The summed E-state index contributed by atoms with van der Waals surface area (Å²) >= 11 is 5.54. The van der Waals surface area contributed by atoms with Gasteiger partial charge in [0.25, 0.3) is 10.0 Å². The molecule has 1 N–H and O–H groups in total. The largest absolute Gasteiger partial charge is 0.470 e. The van der Waals surface area contributed by atoms with Crippen molar-refractivity contribution in [2.75, 3.05) is 10.6 Å². The number of benzene rings is 1. The Balaban J connectivity index is 2.25. The Bertz CT molecular complexity index is 475. The molecule has 16 heavy (non-hydrogen) atoms. The second-order valence-electron chi connectivity index (χ2n) is 3.52. The van der Waals surface area contributed by atoms with Crippen LogP contribution in [0.25, 0.3) is 0 Å². The van der Waals surface area contributed by atoms with E-state index in [0.717, 1.165) is 0 Å². The van der Waals surface area contributed by atoms with E-state index in [1.54, 1.807) is 24.3 Å². The predicted octanol–water partition coefficient (Wildman–Crippen LogP) is 2.17. The lowest BCUT2D eigenvalue weighted by Crippen LogP contribution is -2.36. The fraction of sp³-hybridized carbons (Fsp3) is 0.400. The van der Waals surface area contributed by atoms with Gasteiger partial charge >= 0.3 is 0 Å². The van der Waals surface area contributed by atoms with Crippen LogP contribution in [0, 0.1) is 0 Å². The molecule has 0 saturated carbocycles. The van der Waals surface area contributed by atoms with Gasteiger partial charge in [0.05, 0.1) is 5.69 Å². The summed E-state index contributed by atoms with van der Waals surface area (Å²) in [6, 6.07) is 6.97. The minimum absolute atomic E-state index is 0.396. The van der Waals surface area contributed by atoms with Crippen LogP contribution in [0.4, 0.5) is 5.69 Å². The molecule has 2 rings (SSSR count). The van der Waals surface area contributed by atoms with Crippen molar-refractivity contribution in [2.24, 2.45) is 0 Å². The van der Waals surface area contributed by atoms with Crippen molar-refractivity contribution < 1.29 is 13.2 Å². The van der Waals surface area contributed by atoms with Gasteiger partial charge in [0.15, 0.2) is 0 Å². The summed E-state index contributed by atoms with van der Waals surface area (Å²) in [5, 5.41) is 0. The molecule has 0 aliphatic carbocycles. The number of fused-ring (bicyclic) bond motifs is 1. The number of halogens is 1. The minimum Gasteiger partial charge on any atom is -0.470 e. The van der Waals surface area contributed by atoms with Crippen molar-refractivity contribution in [3.05, 3.63) is 24.3 Å². The molecule has 1 aromatic rings. The highest BCUT2D eigenvalue weighted by Crippen LogP contribution is 2.32. The Morgan fingerprint density at radius 1 is 1.38 bits per heavy atom. The van der Waals surface area contributed by atoms with Crippen LogP contribution in [0.15, 0.2) is 24.3 Å². The highest BCUT2D eigenvalue weighted by molar-refractivity contribution is 7.93. The smallest absolute Gasteiger partial charge is 0.271 e. The van der Waals surface area contributed by atoms with Gasteiger partial charge in [-0.05, 0) is 18.6 Å². The van der Waals surface area contributed by atoms with Crippen LogP contribution in [0.5, 0.6) is 5.75 Å². The summed E-state index contributed by atoms with van der Waals surface area (Å²) in [6.07, 6.45) is 1.00. The van der Waals surface area contributed by atoms with Gasteiger partial charge in [0.2, 0.25) is 5.44 Å². The van der Waals surface area contributed by atoms with Crippen LogP contribution in [0.3, 0.4) is 0 Å². The molecule has 6 heteroatoms. The Morgan fingerprint density at radius 3 is 2.88 bits per heavy atom. The van der Waals surface area contributed by atoms with Crippen molar-refractivity contribution in [2.45, 2.75) is 18.3 Å². The Kier molecular flexibility index (Phi) is 3.25. The first-order valence-corrected chi connectivity index (χ1v) is 7.05. The third kappa shape index (κ3) is 2.25. The van der Waals surface area contributed by atoms with E-state index in [1.165, 1.54) is 0 Å². The zero-order chi connectivity index (χ0) is 11.6. The molecule has 0 amide bonds. The predicted molar refractivity (Wildman–Crippen MR) is 63.4 cm³/mol. The van der Waals surface area contributed by atoms with E-state index in [1.807, 2.05) is 0 Å². The van der Waals surface area contributed by atoms with E-state index in [-0.39, 0.29) is 0 Å². The van der Waals surface area contributed by atoms with Crippen molar-refractivity contribution in [1.82, 2.24) is 0 Å². The molecule has 1 heterocycles. The molecule has 0 radical (unpaired) electrons. The van der Waals surface area contributed by atoms with Gasteiger partial charge in [-0.25, -0.2) is 8.42 Å². The van der Waals surface area contributed by atoms with E-state index in [4.69, 9.17) is 16.3 Å². The molecule has 0 bridgehead atoms. The van der Waals surface area contributed by atoms with Crippen LogP contribution in [-0.2, 0) is 10.0 Å². The molecule has 0 saturated heterocycles. The molecule has 0 fully saturated rings. The number of hydrogen-bond donors (Lipinski definition) is 1. The lowest BCUT2D eigenvalue weighted by Gasteiger charge is -2.26. The summed E-state index contributed by atoms with van der Waals surface area (Å²) < 4.78 is 31.5. The average Bonchev–Trinajstić information content (AvgIpc) is 2.25. The molecule has 1 unspecified atom stereocenters. The fourth-order valence-corrected chi connectivity index (χ4v) is 3.00. The summed E-state index contributed by atoms with van der Waals surface area (Å²) in [5.74, 6) is 0.994. The van der Waals surface area contributed by atoms with E-state index in [0.29, 0.717) is 30.2 Å². The monoisotopic (exact) mass is 261 g/mol. The third-order valence-corrected chi connectivity index (χ3v) is 4.11. The Morgan fingerprint density at radius 2 is 2.12 bits per heavy atom. The maximum atomic E-state index is 11.8. The van der Waals surface area contributed by atoms with Gasteiger partial charge in [0, 0.05) is 12.3 Å². The molecule has 1 aromatic carbocycles. The quantitative estimate of drug-likeness (QED) is 0.849. The highest BCUT2D eigenvalue weighted by atomic mass is 35.5. The molecule has 0 aromatic heterocycles. The molecule has 1 aliphatic rings. The molecule has 0 spiro atoms. The van der Waals surface area contributed by atoms with Gasteiger partial charge in [-0.1, -0.05) is 12.1 Å². The van der Waals surface area contributed by atoms with Crippen molar-refractivity contribution in [3.8, 4) is 5.75 Å². The second kappa shape index (κ2) is 4.51. The first-order chi connectivity index (χ1) is 7.63. The highest BCUT2D eigenvalue weighted by Gasteiger charge is 2.32. The summed E-state index contributed by atoms with van der Waals surface area (Å²) in [6.45, 7) is 0. The van der Waals surface area contributed by atoms with E-state index in [9.17, 15) is 8.42 Å². The maximum Gasteiger partial charge on any atom is 0.271 e. The number of anilines is 1. The molecule has 1 aliphatic heterocycles. The molecular formula is C10H12ClNO3S. The van der Waals surface area contributed by atoms with Crippen molar-refractivity contribution in [1.29, 1.82) is 0 Å². The van der Waals surface area contributed by atoms with Crippen molar-refractivity contribution >= 4 is 27.3 Å². The summed E-state index contributed by atoms with van der Waals surface area (Å²) in [7, 11) is -3.44. The molecule has 4 nitrogen and oxygen atoms in total. The fourth-order valence-electron chi connectivity index (χ4n) is 1.54. The number of ether oxygens (including phenoxy) is 1. The zero-order valence-electron chi connectivity index (χ0n) is 8.52. The van der Waals surface area contributed by atoms with Gasteiger partial charge < -0.3 is 4.74 Å². The van der Waals surface area contributed by atoms with Crippen molar-refractivity contribution in [3.63, 3.8) is 0 Å². The summed E-state index contributed by atoms with van der Waals surface area (Å²) in [5.41, 5.74) is -0.356. The summed E-state index contributed by atoms with van der Waals surface area (Å²) in [4.78, 5) is 0. The van der Waals surface area contributed by atoms with E-state index in [2.05, 4.69) is 4.72 Å². The second-order valence-corrected chi connectivity index (χ2v) is 5.72. The van der Waals surface area contributed by atoms with Crippen LogP contribution in [0.1, 0.15) is 12.8 Å². The molecular weight excluding hydrogens is 250 g/mol. The molecule has 1 atom stereocenters. The SMILES string of the molecule is O=S1(=O)Nc2ccccc2OC1CCCCl. The standard InChI is InChI=1S/C10H12ClNO3S/c11-7-3-6-10-15-9-5-2-1-4-8(9)12-16(10,13)14/h1-2,4-5,10,12H,3,6-7H2. The first-order valence-electron chi connectivity index (χ1n) is 4.97. The zero-order valence-corrected chi connectivity index (χ0v) is 10.1. The number of hydrogen-bond acceptors (Lipinski definition) is 3. The number of nitrogens with one attached hydrogen (secondary N) is 1. The van der Waals surface area contributed by atoms with Crippen LogP contribution in [-0.4, -0.2) is 19.7 Å². The van der Waals surface area contributed by atoms with Crippen LogP contribution in [0.2, 0.25) is 0 Å². The van der Waals surface area contributed by atoms with Gasteiger partial charge in [-0.2, -0.15) is 0 Å². The van der Waals surface area contributed by atoms with Gasteiger partial charge in [-0.3, -0.25) is 4.72 Å². The Labute approximate surface area is 99.6 Å². The molecule has 88 valence electrons.